The van der Waals surface area contributed by atoms with Gasteiger partial charge in [0.25, 0.3) is 0 Å². The summed E-state index contributed by atoms with van der Waals surface area (Å²) in [5.74, 6) is 1.47. The van der Waals surface area contributed by atoms with E-state index in [2.05, 4.69) is 25.9 Å². The molecule has 1 aliphatic rings. The monoisotopic (exact) mass is 180 g/mol. The standard InChI is InChI=1S/C10H16N2O/c1-7(2)9-6-11-12-8(3)4-5-13-10(9)12/h6-8H,4-5H2,1-3H3. The molecule has 1 aromatic heterocycles. The first-order chi connectivity index (χ1) is 6.20. The van der Waals surface area contributed by atoms with Crippen molar-refractivity contribution in [2.24, 2.45) is 0 Å². The molecule has 0 aliphatic carbocycles. The highest BCUT2D eigenvalue weighted by atomic mass is 16.5. The van der Waals surface area contributed by atoms with Crippen molar-refractivity contribution in [2.75, 3.05) is 6.61 Å². The topological polar surface area (TPSA) is 27.1 Å². The van der Waals surface area contributed by atoms with Crippen LogP contribution in [-0.2, 0) is 0 Å². The number of fused-ring (bicyclic) bond motifs is 1. The summed E-state index contributed by atoms with van der Waals surface area (Å²) in [6.07, 6.45) is 2.99. The van der Waals surface area contributed by atoms with Crippen LogP contribution in [0.15, 0.2) is 6.20 Å². The van der Waals surface area contributed by atoms with Crippen LogP contribution < -0.4 is 4.74 Å². The molecule has 0 spiro atoms. The molecule has 2 heterocycles. The molecule has 0 amide bonds. The second-order valence-corrected chi connectivity index (χ2v) is 3.99. The van der Waals surface area contributed by atoms with Crippen LogP contribution in [0.5, 0.6) is 5.88 Å². The lowest BCUT2D eigenvalue weighted by molar-refractivity contribution is 0.198. The Balaban J connectivity index is 2.41. The molecule has 3 nitrogen and oxygen atoms in total. The van der Waals surface area contributed by atoms with Crippen LogP contribution >= 0.6 is 0 Å². The van der Waals surface area contributed by atoms with E-state index in [0.29, 0.717) is 12.0 Å². The van der Waals surface area contributed by atoms with E-state index in [1.807, 2.05) is 10.9 Å². The zero-order valence-corrected chi connectivity index (χ0v) is 8.45. The van der Waals surface area contributed by atoms with Crippen LogP contribution in [0.25, 0.3) is 0 Å². The first-order valence-corrected chi connectivity index (χ1v) is 4.90. The minimum absolute atomic E-state index is 0.483. The Labute approximate surface area is 78.7 Å². The highest BCUT2D eigenvalue weighted by Gasteiger charge is 2.22. The summed E-state index contributed by atoms with van der Waals surface area (Å²) in [5.41, 5.74) is 1.23. The van der Waals surface area contributed by atoms with Gasteiger partial charge in [0.15, 0.2) is 0 Å². The highest BCUT2D eigenvalue weighted by molar-refractivity contribution is 5.28. The number of rotatable bonds is 1. The maximum absolute atomic E-state index is 5.63. The van der Waals surface area contributed by atoms with Crippen molar-refractivity contribution < 1.29 is 4.74 Å². The maximum Gasteiger partial charge on any atom is 0.215 e. The van der Waals surface area contributed by atoms with E-state index in [1.165, 1.54) is 5.56 Å². The van der Waals surface area contributed by atoms with Gasteiger partial charge in [0, 0.05) is 12.0 Å². The van der Waals surface area contributed by atoms with Gasteiger partial charge in [-0.1, -0.05) is 13.8 Å². The number of aromatic nitrogens is 2. The molecular weight excluding hydrogens is 164 g/mol. The van der Waals surface area contributed by atoms with Gasteiger partial charge in [-0.15, -0.1) is 0 Å². The zero-order chi connectivity index (χ0) is 9.42. The van der Waals surface area contributed by atoms with Crippen LogP contribution in [-0.4, -0.2) is 16.4 Å². The molecule has 1 atom stereocenters. The van der Waals surface area contributed by atoms with Crippen molar-refractivity contribution in [1.82, 2.24) is 9.78 Å². The molecule has 1 aromatic rings. The number of hydrogen-bond acceptors (Lipinski definition) is 2. The Morgan fingerprint density at radius 3 is 3.08 bits per heavy atom. The van der Waals surface area contributed by atoms with Gasteiger partial charge in [-0.3, -0.25) is 0 Å². The third kappa shape index (κ3) is 1.32. The molecule has 0 bridgehead atoms. The van der Waals surface area contributed by atoms with Crippen LogP contribution in [0.2, 0.25) is 0 Å². The van der Waals surface area contributed by atoms with E-state index >= 15 is 0 Å². The third-order valence-corrected chi connectivity index (χ3v) is 2.59. The summed E-state index contributed by atoms with van der Waals surface area (Å²) in [6, 6.07) is 0.483. The molecule has 0 fully saturated rings. The normalized spacial score (nSPS) is 21.4. The molecule has 72 valence electrons. The van der Waals surface area contributed by atoms with E-state index in [0.717, 1.165) is 18.9 Å². The van der Waals surface area contributed by atoms with Crippen LogP contribution in [0.3, 0.4) is 0 Å². The smallest absolute Gasteiger partial charge is 0.215 e. The molecule has 0 radical (unpaired) electrons. The predicted octanol–water partition coefficient (Wildman–Crippen LogP) is 2.35. The summed E-state index contributed by atoms with van der Waals surface area (Å²) in [4.78, 5) is 0. The lowest BCUT2D eigenvalue weighted by Gasteiger charge is -2.22. The fourth-order valence-electron chi connectivity index (χ4n) is 1.67. The molecule has 13 heavy (non-hydrogen) atoms. The Bertz CT molecular complexity index is 290. The van der Waals surface area contributed by atoms with Gasteiger partial charge >= 0.3 is 0 Å². The van der Waals surface area contributed by atoms with Crippen LogP contribution in [0.4, 0.5) is 0 Å². The minimum atomic E-state index is 0.483. The highest BCUT2D eigenvalue weighted by Crippen LogP contribution is 2.32. The number of hydrogen-bond donors (Lipinski definition) is 0. The quantitative estimate of drug-likeness (QED) is 0.663. The van der Waals surface area contributed by atoms with E-state index in [1.54, 1.807) is 0 Å². The molecule has 2 rings (SSSR count). The fraction of sp³-hybridized carbons (Fsp3) is 0.700. The summed E-state index contributed by atoms with van der Waals surface area (Å²) in [7, 11) is 0. The van der Waals surface area contributed by atoms with Gasteiger partial charge in [0.2, 0.25) is 5.88 Å². The molecule has 3 heteroatoms. The lowest BCUT2D eigenvalue weighted by atomic mass is 10.1. The van der Waals surface area contributed by atoms with Gasteiger partial charge < -0.3 is 4.74 Å². The summed E-state index contributed by atoms with van der Waals surface area (Å²) >= 11 is 0. The second kappa shape index (κ2) is 3.05. The SMILES string of the molecule is CC(C)c1cnn2c1OCCC2C. The van der Waals surface area contributed by atoms with E-state index < -0.39 is 0 Å². The van der Waals surface area contributed by atoms with Crippen LogP contribution in [0.1, 0.15) is 44.7 Å². The zero-order valence-electron chi connectivity index (χ0n) is 8.45. The summed E-state index contributed by atoms with van der Waals surface area (Å²) in [6.45, 7) is 7.34. The summed E-state index contributed by atoms with van der Waals surface area (Å²) < 4.78 is 7.63. The second-order valence-electron chi connectivity index (χ2n) is 3.99. The van der Waals surface area contributed by atoms with Gasteiger partial charge in [-0.2, -0.15) is 5.10 Å². The Morgan fingerprint density at radius 1 is 1.62 bits per heavy atom. The first kappa shape index (κ1) is 8.60. The van der Waals surface area contributed by atoms with Gasteiger partial charge in [-0.05, 0) is 12.8 Å². The number of nitrogens with zero attached hydrogens (tertiary/aromatic N) is 2. The number of ether oxygens (including phenoxy) is 1. The van der Waals surface area contributed by atoms with Gasteiger partial charge in [0.05, 0.1) is 18.8 Å². The van der Waals surface area contributed by atoms with E-state index in [9.17, 15) is 0 Å². The molecule has 1 aliphatic heterocycles. The first-order valence-electron chi connectivity index (χ1n) is 4.90. The fourth-order valence-corrected chi connectivity index (χ4v) is 1.67. The van der Waals surface area contributed by atoms with Crippen molar-refractivity contribution >= 4 is 0 Å². The molecule has 1 unspecified atom stereocenters. The molecule has 0 saturated carbocycles. The van der Waals surface area contributed by atoms with Crippen LogP contribution in [0, 0.1) is 0 Å². The lowest BCUT2D eigenvalue weighted by Crippen LogP contribution is -2.19. The molecule has 0 N–H and O–H groups in total. The Hall–Kier alpha value is -0.990. The van der Waals surface area contributed by atoms with E-state index in [4.69, 9.17) is 4.74 Å². The predicted molar refractivity (Wildman–Crippen MR) is 51.1 cm³/mol. The largest absolute Gasteiger partial charge is 0.478 e. The Kier molecular flexibility index (Phi) is 2.02. The average molecular weight is 180 g/mol. The molecule has 0 saturated heterocycles. The van der Waals surface area contributed by atoms with Crippen molar-refractivity contribution in [3.63, 3.8) is 0 Å². The minimum Gasteiger partial charge on any atom is -0.478 e. The Morgan fingerprint density at radius 2 is 2.38 bits per heavy atom. The summed E-state index contributed by atoms with van der Waals surface area (Å²) in [5, 5.41) is 4.35. The van der Waals surface area contributed by atoms with Gasteiger partial charge in [-0.25, -0.2) is 4.68 Å². The third-order valence-electron chi connectivity index (χ3n) is 2.59. The maximum atomic E-state index is 5.63. The van der Waals surface area contributed by atoms with Crippen molar-refractivity contribution in [3.05, 3.63) is 11.8 Å². The van der Waals surface area contributed by atoms with E-state index in [-0.39, 0.29) is 0 Å². The molecular formula is C10H16N2O. The van der Waals surface area contributed by atoms with Crippen molar-refractivity contribution in [1.29, 1.82) is 0 Å². The average Bonchev–Trinajstić information content (AvgIpc) is 2.48. The molecule has 0 aromatic carbocycles. The van der Waals surface area contributed by atoms with Crippen molar-refractivity contribution in [2.45, 2.75) is 39.2 Å². The van der Waals surface area contributed by atoms with Gasteiger partial charge in [0.1, 0.15) is 0 Å². The van der Waals surface area contributed by atoms with Crippen molar-refractivity contribution in [3.8, 4) is 5.88 Å².